The molecule has 0 aliphatic heterocycles. The zero-order valence-electron chi connectivity index (χ0n) is 16.2. The Morgan fingerprint density at radius 3 is 2.28 bits per heavy atom. The Balaban J connectivity index is 2.62. The molecule has 0 spiro atoms. The second kappa shape index (κ2) is 8.79. The minimum Gasteiger partial charge on any atom is -0.350 e. The molecular weight excluding hydrogens is 316 g/mol. The third-order valence-electron chi connectivity index (χ3n) is 3.84. The maximum absolute atomic E-state index is 12.4. The van der Waals surface area contributed by atoms with E-state index in [0.717, 1.165) is 11.1 Å². The Morgan fingerprint density at radius 1 is 1.08 bits per heavy atom. The number of likely N-dealkylation sites (N-methyl/N-ethyl adjacent to an activating group) is 1. The first-order valence-electron chi connectivity index (χ1n) is 8.72. The van der Waals surface area contributed by atoms with Crippen molar-refractivity contribution in [2.24, 2.45) is 0 Å². The molecule has 0 aliphatic carbocycles. The van der Waals surface area contributed by atoms with Crippen LogP contribution in [-0.2, 0) is 9.59 Å². The summed E-state index contributed by atoms with van der Waals surface area (Å²) in [5.74, 6) is -0.404. The first-order valence-corrected chi connectivity index (χ1v) is 8.72. The van der Waals surface area contributed by atoms with E-state index >= 15 is 0 Å². The summed E-state index contributed by atoms with van der Waals surface area (Å²) in [5.41, 5.74) is 2.27. The van der Waals surface area contributed by atoms with Crippen LogP contribution in [0.2, 0.25) is 0 Å². The molecule has 0 fully saturated rings. The van der Waals surface area contributed by atoms with Crippen LogP contribution in [-0.4, -0.2) is 41.1 Å². The average molecular weight is 346 g/mol. The maximum Gasteiger partial charge on any atom is 0.240 e. The molecule has 0 atom stereocenters. The molecule has 0 aromatic heterocycles. The molecule has 0 unspecified atom stereocenters. The first kappa shape index (κ1) is 20.9. The monoisotopic (exact) mass is 346 g/mol. The standard InChI is InChI=1S/C20H30N2O3/c1-7-22(13-18(24)21-20(4,5)6)19(25)11-10-17(23)16-12-14(2)8-9-15(16)3/h8-9,12H,7,10-11,13H2,1-6H3,(H,21,24). The van der Waals surface area contributed by atoms with Crippen LogP contribution in [0.15, 0.2) is 18.2 Å². The molecule has 2 amide bonds. The lowest BCUT2D eigenvalue weighted by molar-refractivity contribution is -0.136. The van der Waals surface area contributed by atoms with Crippen molar-refractivity contribution >= 4 is 17.6 Å². The molecular formula is C20H30N2O3. The number of hydrogen-bond donors (Lipinski definition) is 1. The van der Waals surface area contributed by atoms with Crippen molar-refractivity contribution < 1.29 is 14.4 Å². The quantitative estimate of drug-likeness (QED) is 0.772. The lowest BCUT2D eigenvalue weighted by atomic mass is 9.99. The summed E-state index contributed by atoms with van der Waals surface area (Å²) in [6.07, 6.45) is 0.267. The highest BCUT2D eigenvalue weighted by Crippen LogP contribution is 2.14. The molecule has 1 aromatic rings. The van der Waals surface area contributed by atoms with Crippen LogP contribution in [0.25, 0.3) is 0 Å². The Morgan fingerprint density at radius 2 is 1.72 bits per heavy atom. The minimum atomic E-state index is -0.335. The number of ketones is 1. The molecule has 1 aromatic carbocycles. The van der Waals surface area contributed by atoms with Gasteiger partial charge in [-0.05, 0) is 53.2 Å². The van der Waals surface area contributed by atoms with Crippen molar-refractivity contribution in [3.05, 3.63) is 34.9 Å². The van der Waals surface area contributed by atoms with E-state index in [1.165, 1.54) is 4.90 Å². The van der Waals surface area contributed by atoms with Gasteiger partial charge in [0.1, 0.15) is 0 Å². The third-order valence-corrected chi connectivity index (χ3v) is 3.84. The Hall–Kier alpha value is -2.17. The van der Waals surface area contributed by atoms with Gasteiger partial charge in [0.15, 0.2) is 5.78 Å². The highest BCUT2D eigenvalue weighted by molar-refractivity contribution is 5.99. The SMILES string of the molecule is CCN(CC(=O)NC(C)(C)C)C(=O)CCC(=O)c1cc(C)ccc1C. The average Bonchev–Trinajstić information content (AvgIpc) is 2.50. The van der Waals surface area contributed by atoms with Gasteiger partial charge in [0.25, 0.3) is 0 Å². The van der Waals surface area contributed by atoms with Gasteiger partial charge in [-0.15, -0.1) is 0 Å². The number of Topliss-reactive ketones (excluding diaryl/α,β-unsaturated/α-hetero) is 1. The topological polar surface area (TPSA) is 66.5 Å². The molecule has 5 heteroatoms. The molecule has 1 N–H and O–H groups in total. The van der Waals surface area contributed by atoms with E-state index in [-0.39, 0.29) is 42.5 Å². The summed E-state index contributed by atoms with van der Waals surface area (Å²) in [6, 6.07) is 5.74. The summed E-state index contributed by atoms with van der Waals surface area (Å²) in [6.45, 7) is 11.8. The van der Waals surface area contributed by atoms with E-state index in [2.05, 4.69) is 5.32 Å². The van der Waals surface area contributed by atoms with Gasteiger partial charge in [0, 0.05) is 30.5 Å². The predicted molar refractivity (Wildman–Crippen MR) is 99.6 cm³/mol. The van der Waals surface area contributed by atoms with Gasteiger partial charge in [-0.1, -0.05) is 17.7 Å². The highest BCUT2D eigenvalue weighted by atomic mass is 16.2. The fourth-order valence-corrected chi connectivity index (χ4v) is 2.56. The number of carbonyl (C=O) groups is 3. The molecule has 0 aliphatic rings. The number of hydrogen-bond acceptors (Lipinski definition) is 3. The second-order valence-corrected chi connectivity index (χ2v) is 7.45. The lowest BCUT2D eigenvalue weighted by Crippen LogP contribution is -2.47. The summed E-state index contributed by atoms with van der Waals surface area (Å²) in [4.78, 5) is 38.2. The highest BCUT2D eigenvalue weighted by Gasteiger charge is 2.20. The van der Waals surface area contributed by atoms with Crippen molar-refractivity contribution in [3.8, 4) is 0 Å². The van der Waals surface area contributed by atoms with Gasteiger partial charge in [0.2, 0.25) is 11.8 Å². The van der Waals surface area contributed by atoms with E-state index in [0.29, 0.717) is 12.1 Å². The first-order chi connectivity index (χ1) is 11.5. The Kier molecular flexibility index (Phi) is 7.34. The summed E-state index contributed by atoms with van der Waals surface area (Å²) in [5, 5.41) is 2.84. The van der Waals surface area contributed by atoms with E-state index in [4.69, 9.17) is 0 Å². The van der Waals surface area contributed by atoms with E-state index in [1.807, 2.05) is 59.7 Å². The smallest absolute Gasteiger partial charge is 0.240 e. The van der Waals surface area contributed by atoms with Gasteiger partial charge < -0.3 is 10.2 Å². The minimum absolute atomic E-state index is 0.0181. The largest absolute Gasteiger partial charge is 0.350 e. The number of nitrogens with zero attached hydrogens (tertiary/aromatic N) is 1. The van der Waals surface area contributed by atoms with E-state index < -0.39 is 0 Å². The molecule has 0 heterocycles. The van der Waals surface area contributed by atoms with Crippen LogP contribution in [0.5, 0.6) is 0 Å². The van der Waals surface area contributed by atoms with Gasteiger partial charge >= 0.3 is 0 Å². The molecule has 1 rings (SSSR count). The van der Waals surface area contributed by atoms with Crippen molar-refractivity contribution in [1.29, 1.82) is 0 Å². The van der Waals surface area contributed by atoms with Crippen molar-refractivity contribution in [2.45, 2.75) is 59.9 Å². The van der Waals surface area contributed by atoms with Crippen LogP contribution < -0.4 is 5.32 Å². The molecule has 0 saturated carbocycles. The third kappa shape index (κ3) is 7.08. The van der Waals surface area contributed by atoms with Gasteiger partial charge in [-0.25, -0.2) is 0 Å². The van der Waals surface area contributed by atoms with Crippen LogP contribution in [0.4, 0.5) is 0 Å². The van der Waals surface area contributed by atoms with Gasteiger partial charge in [-0.2, -0.15) is 0 Å². The summed E-state index contributed by atoms with van der Waals surface area (Å²) < 4.78 is 0. The molecule has 0 bridgehead atoms. The molecule has 138 valence electrons. The predicted octanol–water partition coefficient (Wildman–Crippen LogP) is 3.03. The number of carbonyl (C=O) groups excluding carboxylic acids is 3. The summed E-state index contributed by atoms with van der Waals surface area (Å²) in [7, 11) is 0. The zero-order valence-corrected chi connectivity index (χ0v) is 16.2. The van der Waals surface area contributed by atoms with Crippen LogP contribution in [0, 0.1) is 13.8 Å². The number of benzene rings is 1. The molecule has 25 heavy (non-hydrogen) atoms. The normalized spacial score (nSPS) is 11.1. The van der Waals surface area contributed by atoms with Crippen molar-refractivity contribution in [2.75, 3.05) is 13.1 Å². The fraction of sp³-hybridized carbons (Fsp3) is 0.550. The number of rotatable bonds is 7. The van der Waals surface area contributed by atoms with Gasteiger partial charge in [0.05, 0.1) is 6.54 Å². The van der Waals surface area contributed by atoms with Crippen molar-refractivity contribution in [3.63, 3.8) is 0 Å². The maximum atomic E-state index is 12.4. The molecule has 5 nitrogen and oxygen atoms in total. The Labute approximate surface area is 150 Å². The number of amides is 2. The number of nitrogens with one attached hydrogen (secondary N) is 1. The summed E-state index contributed by atoms with van der Waals surface area (Å²) >= 11 is 0. The van der Waals surface area contributed by atoms with Crippen LogP contribution in [0.1, 0.15) is 62.0 Å². The zero-order chi connectivity index (χ0) is 19.2. The molecule has 0 radical (unpaired) electrons. The van der Waals surface area contributed by atoms with Gasteiger partial charge in [-0.3, -0.25) is 14.4 Å². The second-order valence-electron chi connectivity index (χ2n) is 7.45. The lowest BCUT2D eigenvalue weighted by Gasteiger charge is -2.25. The fourth-order valence-electron chi connectivity index (χ4n) is 2.56. The molecule has 0 saturated heterocycles. The van der Waals surface area contributed by atoms with E-state index in [9.17, 15) is 14.4 Å². The Bertz CT molecular complexity index is 645. The van der Waals surface area contributed by atoms with E-state index in [1.54, 1.807) is 0 Å². The van der Waals surface area contributed by atoms with Crippen LogP contribution >= 0.6 is 0 Å². The van der Waals surface area contributed by atoms with Crippen molar-refractivity contribution in [1.82, 2.24) is 10.2 Å². The number of aryl methyl sites for hydroxylation is 2. The van der Waals surface area contributed by atoms with Crippen LogP contribution in [0.3, 0.4) is 0 Å².